The van der Waals surface area contributed by atoms with Crippen molar-refractivity contribution in [1.29, 1.82) is 0 Å². The lowest BCUT2D eigenvalue weighted by molar-refractivity contribution is 0.0685. The van der Waals surface area contributed by atoms with Crippen molar-refractivity contribution in [1.82, 2.24) is 4.57 Å². The van der Waals surface area contributed by atoms with E-state index >= 15 is 0 Å². The van der Waals surface area contributed by atoms with Gasteiger partial charge in [0.2, 0.25) is 0 Å². The first-order chi connectivity index (χ1) is 11.3. The lowest BCUT2D eigenvalue weighted by Crippen LogP contribution is -2.13. The van der Waals surface area contributed by atoms with Crippen molar-refractivity contribution in [3.05, 3.63) is 64.1 Å². The third-order valence-electron chi connectivity index (χ3n) is 4.86. The van der Waals surface area contributed by atoms with Crippen molar-refractivity contribution < 1.29 is 14.3 Å². The van der Waals surface area contributed by atoms with E-state index in [0.717, 1.165) is 37.8 Å². The fourth-order valence-electron chi connectivity index (χ4n) is 3.45. The second kappa shape index (κ2) is 5.91. The van der Waals surface area contributed by atoms with Crippen LogP contribution in [0.4, 0.5) is 4.39 Å². The fraction of sp³-hybridized carbons (Fsp3) is 0.211. The average Bonchev–Trinajstić information content (AvgIpc) is 2.77. The maximum Gasteiger partial charge on any atom is 0.352 e. The Balaban J connectivity index is 2.33. The van der Waals surface area contributed by atoms with Gasteiger partial charge in [-0.2, -0.15) is 0 Å². The number of carboxylic acid groups (broad SMARTS) is 1. The van der Waals surface area contributed by atoms with Crippen LogP contribution in [0.5, 0.6) is 0 Å². The number of benzene rings is 2. The molecule has 24 heavy (non-hydrogen) atoms. The van der Waals surface area contributed by atoms with Crippen molar-refractivity contribution >= 4 is 32.3 Å². The highest BCUT2D eigenvalue weighted by Crippen LogP contribution is 2.30. The second-order valence-corrected chi connectivity index (χ2v) is 7.41. The SMILES string of the molecule is Cc1c([SiH3])cc2c(c1C)c(C)c(C(=O)O)n2Cc1cccc(F)c1. The van der Waals surface area contributed by atoms with Crippen LogP contribution in [0.1, 0.15) is 32.7 Å². The highest BCUT2D eigenvalue weighted by Gasteiger charge is 2.22. The summed E-state index contributed by atoms with van der Waals surface area (Å²) in [5.41, 5.74) is 5.09. The summed E-state index contributed by atoms with van der Waals surface area (Å²) in [7, 11) is 0.896. The van der Waals surface area contributed by atoms with Crippen LogP contribution >= 0.6 is 0 Å². The minimum Gasteiger partial charge on any atom is -0.477 e. The summed E-state index contributed by atoms with van der Waals surface area (Å²) in [5.74, 6) is -1.26. The average molecular weight is 341 g/mol. The van der Waals surface area contributed by atoms with Gasteiger partial charge in [0.25, 0.3) is 0 Å². The molecule has 0 fully saturated rings. The van der Waals surface area contributed by atoms with Gasteiger partial charge in [-0.15, -0.1) is 0 Å². The van der Waals surface area contributed by atoms with E-state index in [9.17, 15) is 14.3 Å². The number of aryl methyl sites for hydroxylation is 2. The second-order valence-electron chi connectivity index (χ2n) is 6.33. The first kappa shape index (κ1) is 16.5. The molecule has 0 unspecified atom stereocenters. The molecule has 3 nitrogen and oxygen atoms in total. The number of halogens is 1. The first-order valence-electron chi connectivity index (χ1n) is 7.88. The number of hydrogen-bond donors (Lipinski definition) is 1. The van der Waals surface area contributed by atoms with Crippen LogP contribution in [0.3, 0.4) is 0 Å². The molecule has 3 aromatic rings. The molecule has 0 saturated heterocycles. The van der Waals surface area contributed by atoms with Gasteiger partial charge in [-0.1, -0.05) is 17.3 Å². The van der Waals surface area contributed by atoms with Crippen LogP contribution in [-0.4, -0.2) is 25.9 Å². The highest BCUT2D eigenvalue weighted by molar-refractivity contribution is 6.34. The third-order valence-corrected chi connectivity index (χ3v) is 5.90. The molecular formula is C19H20FNO2Si. The van der Waals surface area contributed by atoms with E-state index in [4.69, 9.17) is 0 Å². The minimum absolute atomic E-state index is 0.282. The van der Waals surface area contributed by atoms with Crippen LogP contribution in [0.25, 0.3) is 10.9 Å². The minimum atomic E-state index is -0.952. The summed E-state index contributed by atoms with van der Waals surface area (Å²) in [6.07, 6.45) is 0. The number of nitrogens with zero attached hydrogens (tertiary/aromatic N) is 1. The molecule has 1 aromatic heterocycles. The third kappa shape index (κ3) is 2.55. The van der Waals surface area contributed by atoms with Crippen LogP contribution in [0.2, 0.25) is 0 Å². The van der Waals surface area contributed by atoms with Crippen molar-refractivity contribution in [2.45, 2.75) is 27.3 Å². The maximum atomic E-state index is 13.5. The molecule has 0 radical (unpaired) electrons. The molecule has 0 atom stereocenters. The monoisotopic (exact) mass is 341 g/mol. The van der Waals surface area contributed by atoms with Crippen LogP contribution < -0.4 is 5.19 Å². The molecule has 2 aromatic carbocycles. The summed E-state index contributed by atoms with van der Waals surface area (Å²) in [6, 6.07) is 8.40. The van der Waals surface area contributed by atoms with Gasteiger partial charge in [0.15, 0.2) is 0 Å². The van der Waals surface area contributed by atoms with Gasteiger partial charge in [-0.3, -0.25) is 0 Å². The van der Waals surface area contributed by atoms with Crippen LogP contribution in [-0.2, 0) is 6.54 Å². The van der Waals surface area contributed by atoms with E-state index in [2.05, 4.69) is 13.0 Å². The summed E-state index contributed by atoms with van der Waals surface area (Å²) in [6.45, 7) is 6.32. The zero-order chi connectivity index (χ0) is 17.6. The quantitative estimate of drug-likeness (QED) is 0.744. The number of fused-ring (bicyclic) bond motifs is 1. The molecule has 0 aliphatic carbocycles. The molecule has 0 saturated carbocycles. The van der Waals surface area contributed by atoms with Gasteiger partial charge >= 0.3 is 5.97 Å². The predicted octanol–water partition coefficient (Wildman–Crippen LogP) is 2.44. The van der Waals surface area contributed by atoms with Crippen molar-refractivity contribution in [3.8, 4) is 0 Å². The first-order valence-corrected chi connectivity index (χ1v) is 8.88. The topological polar surface area (TPSA) is 42.2 Å². The van der Waals surface area contributed by atoms with E-state index in [-0.39, 0.29) is 11.5 Å². The summed E-state index contributed by atoms with van der Waals surface area (Å²) < 4.78 is 15.3. The van der Waals surface area contributed by atoms with E-state index in [1.165, 1.54) is 22.9 Å². The van der Waals surface area contributed by atoms with Crippen molar-refractivity contribution in [3.63, 3.8) is 0 Å². The Morgan fingerprint density at radius 1 is 1.17 bits per heavy atom. The zero-order valence-corrected chi connectivity index (χ0v) is 16.3. The number of aromatic carboxylic acids is 1. The number of rotatable bonds is 3. The Morgan fingerprint density at radius 3 is 2.50 bits per heavy atom. The number of hydrogen-bond acceptors (Lipinski definition) is 1. The molecule has 1 heterocycles. The maximum absolute atomic E-state index is 13.5. The highest BCUT2D eigenvalue weighted by atomic mass is 28.1. The van der Waals surface area contributed by atoms with Crippen LogP contribution in [0.15, 0.2) is 30.3 Å². The number of aromatic nitrogens is 1. The van der Waals surface area contributed by atoms with Gasteiger partial charge in [0.05, 0.1) is 0 Å². The van der Waals surface area contributed by atoms with Gasteiger partial charge in [-0.25, -0.2) is 9.18 Å². The Bertz CT molecular complexity index is 975. The molecule has 0 spiro atoms. The molecule has 0 aliphatic heterocycles. The lowest BCUT2D eigenvalue weighted by atomic mass is 10.0. The lowest BCUT2D eigenvalue weighted by Gasteiger charge is -2.11. The van der Waals surface area contributed by atoms with Gasteiger partial charge in [0, 0.05) is 27.7 Å². The van der Waals surface area contributed by atoms with Crippen molar-refractivity contribution in [2.24, 2.45) is 0 Å². The smallest absolute Gasteiger partial charge is 0.352 e. The van der Waals surface area contributed by atoms with E-state index in [1.807, 2.05) is 19.9 Å². The van der Waals surface area contributed by atoms with Crippen molar-refractivity contribution in [2.75, 3.05) is 0 Å². The molecule has 5 heteroatoms. The number of carbonyl (C=O) groups is 1. The van der Waals surface area contributed by atoms with Gasteiger partial charge < -0.3 is 9.67 Å². The molecule has 124 valence electrons. The molecule has 0 aliphatic rings. The molecule has 0 bridgehead atoms. The van der Waals surface area contributed by atoms with Gasteiger partial charge in [-0.05, 0) is 61.2 Å². The van der Waals surface area contributed by atoms with Crippen LogP contribution in [0, 0.1) is 26.6 Å². The summed E-state index contributed by atoms with van der Waals surface area (Å²) in [4.78, 5) is 11.9. The van der Waals surface area contributed by atoms with Gasteiger partial charge in [0.1, 0.15) is 11.5 Å². The zero-order valence-electron chi connectivity index (χ0n) is 14.3. The van der Waals surface area contributed by atoms with E-state index < -0.39 is 5.97 Å². The van der Waals surface area contributed by atoms with E-state index in [0.29, 0.717) is 6.54 Å². The molecule has 3 rings (SSSR count). The predicted molar refractivity (Wildman–Crippen MR) is 98.2 cm³/mol. The summed E-state index contributed by atoms with van der Waals surface area (Å²) >= 11 is 0. The Kier molecular flexibility index (Phi) is 4.05. The molecular weight excluding hydrogens is 321 g/mol. The fourth-order valence-corrected chi connectivity index (χ4v) is 4.09. The largest absolute Gasteiger partial charge is 0.477 e. The normalized spacial score (nSPS) is 11.3. The molecule has 1 N–H and O–H groups in total. The summed E-state index contributed by atoms with van der Waals surface area (Å²) in [5, 5.41) is 12.0. The number of carboxylic acids is 1. The Hall–Kier alpha value is -2.40. The molecule has 0 amide bonds. The Labute approximate surface area is 143 Å². The van der Waals surface area contributed by atoms with E-state index in [1.54, 1.807) is 10.6 Å². The standard InChI is InChI=1S/C19H20FNO2Si/c1-10-11(2)17-12(3)18(19(22)23)21(15(17)8-16(10)24)9-13-5-4-6-14(20)7-13/h4-8H,9H2,1-3,24H3,(H,22,23). The Morgan fingerprint density at radius 2 is 1.88 bits per heavy atom.